The minimum Gasteiger partial charge on any atom is -0.381 e. The van der Waals surface area contributed by atoms with E-state index in [0.29, 0.717) is 25.6 Å². The molecule has 1 heterocycles. The first-order valence-corrected chi connectivity index (χ1v) is 8.08. The summed E-state index contributed by atoms with van der Waals surface area (Å²) in [6.07, 6.45) is 0. The molecule has 1 saturated heterocycles. The van der Waals surface area contributed by atoms with Crippen molar-refractivity contribution < 1.29 is 13.2 Å². The Bertz CT molecular complexity index is 303. The van der Waals surface area contributed by atoms with Gasteiger partial charge in [0, 0.05) is 45.2 Å². The van der Waals surface area contributed by atoms with Crippen LogP contribution < -0.4 is 0 Å². The lowest BCUT2D eigenvalue weighted by Crippen LogP contribution is -2.49. The fraction of sp³-hybridized carbons (Fsp3) is 1.00. The molecule has 0 N–H and O–H groups in total. The first-order valence-electron chi connectivity index (χ1n) is 5.94. The average molecular weight is 285 g/mol. The summed E-state index contributed by atoms with van der Waals surface area (Å²) in [6, 6.07) is 0. The third-order valence-corrected chi connectivity index (χ3v) is 4.82. The van der Waals surface area contributed by atoms with Gasteiger partial charge in [-0.05, 0) is 6.92 Å². The molecule has 0 amide bonds. The first kappa shape index (κ1) is 15.2. The first-order chi connectivity index (χ1) is 8.10. The molecule has 1 aliphatic heterocycles. The topological polar surface area (TPSA) is 49.9 Å². The van der Waals surface area contributed by atoms with Crippen molar-refractivity contribution in [2.75, 3.05) is 57.6 Å². The second-order valence-corrected chi connectivity index (χ2v) is 6.41. The zero-order valence-corrected chi connectivity index (χ0v) is 11.8. The van der Waals surface area contributed by atoms with E-state index in [2.05, 4.69) is 4.90 Å². The molecule has 0 saturated carbocycles. The summed E-state index contributed by atoms with van der Waals surface area (Å²) < 4.78 is 30.5. The van der Waals surface area contributed by atoms with Crippen molar-refractivity contribution >= 4 is 21.6 Å². The molecule has 0 aromatic heterocycles. The average Bonchev–Trinajstić information content (AvgIpc) is 2.30. The van der Waals surface area contributed by atoms with Crippen molar-refractivity contribution in [2.45, 2.75) is 6.92 Å². The molecule has 0 bridgehead atoms. The molecule has 0 aliphatic carbocycles. The van der Waals surface area contributed by atoms with E-state index in [0.717, 1.165) is 19.6 Å². The highest BCUT2D eigenvalue weighted by atomic mass is 35.5. The van der Waals surface area contributed by atoms with Gasteiger partial charge in [-0.2, -0.15) is 4.31 Å². The van der Waals surface area contributed by atoms with E-state index < -0.39 is 10.0 Å². The predicted molar refractivity (Wildman–Crippen MR) is 69.0 cm³/mol. The van der Waals surface area contributed by atoms with Crippen LogP contribution in [0.1, 0.15) is 6.92 Å². The lowest BCUT2D eigenvalue weighted by atomic mass is 10.4. The standard InChI is InChI=1S/C10H21ClN2O3S/c1-2-16-9-10-17(14,15)13-7-5-12(4-3-11)6-8-13/h2-10H2,1H3. The van der Waals surface area contributed by atoms with Gasteiger partial charge in [0.2, 0.25) is 10.0 Å². The van der Waals surface area contributed by atoms with E-state index >= 15 is 0 Å². The maximum Gasteiger partial charge on any atom is 0.216 e. The maximum absolute atomic E-state index is 11.9. The number of hydrogen-bond acceptors (Lipinski definition) is 4. The predicted octanol–water partition coefficient (Wildman–Crippen LogP) is 0.209. The van der Waals surface area contributed by atoms with Crippen molar-refractivity contribution in [3.8, 4) is 0 Å². The largest absolute Gasteiger partial charge is 0.381 e. The normalized spacial score (nSPS) is 19.6. The number of piperazine rings is 1. The van der Waals surface area contributed by atoms with Crippen LogP contribution in [0.25, 0.3) is 0 Å². The Morgan fingerprint density at radius 1 is 1.24 bits per heavy atom. The molecule has 0 aromatic rings. The second-order valence-electron chi connectivity index (χ2n) is 3.94. The number of sulfonamides is 1. The van der Waals surface area contributed by atoms with Gasteiger partial charge in [0.15, 0.2) is 0 Å². The fourth-order valence-corrected chi connectivity index (χ4v) is 3.33. The van der Waals surface area contributed by atoms with Crippen molar-refractivity contribution in [2.24, 2.45) is 0 Å². The number of nitrogens with zero attached hydrogens (tertiary/aromatic N) is 2. The molecule has 0 atom stereocenters. The van der Waals surface area contributed by atoms with E-state index in [4.69, 9.17) is 16.3 Å². The monoisotopic (exact) mass is 284 g/mol. The Balaban J connectivity index is 2.36. The number of halogens is 1. The molecule has 17 heavy (non-hydrogen) atoms. The van der Waals surface area contributed by atoms with E-state index in [1.165, 1.54) is 0 Å². The van der Waals surface area contributed by atoms with Gasteiger partial charge in [-0.25, -0.2) is 8.42 Å². The molecule has 102 valence electrons. The van der Waals surface area contributed by atoms with Gasteiger partial charge >= 0.3 is 0 Å². The lowest BCUT2D eigenvalue weighted by molar-refractivity contribution is 0.160. The van der Waals surface area contributed by atoms with Crippen LogP contribution in [0.2, 0.25) is 0 Å². The van der Waals surface area contributed by atoms with Gasteiger partial charge in [0.05, 0.1) is 12.4 Å². The highest BCUT2D eigenvalue weighted by Gasteiger charge is 2.26. The molecule has 1 rings (SSSR count). The van der Waals surface area contributed by atoms with Crippen LogP contribution in [-0.2, 0) is 14.8 Å². The van der Waals surface area contributed by atoms with E-state index in [-0.39, 0.29) is 12.4 Å². The molecule has 5 nitrogen and oxygen atoms in total. The van der Waals surface area contributed by atoms with Crippen LogP contribution in [0.15, 0.2) is 0 Å². The summed E-state index contributed by atoms with van der Waals surface area (Å²) in [5, 5.41) is 0. The Labute approximate surface area is 109 Å². The molecule has 0 radical (unpaired) electrons. The van der Waals surface area contributed by atoms with E-state index in [1.54, 1.807) is 4.31 Å². The molecule has 1 aliphatic rings. The van der Waals surface area contributed by atoms with Gasteiger partial charge < -0.3 is 4.74 Å². The summed E-state index contributed by atoms with van der Waals surface area (Å²) in [5.74, 6) is 0.674. The number of alkyl halides is 1. The van der Waals surface area contributed by atoms with Crippen LogP contribution in [0.5, 0.6) is 0 Å². The number of rotatable bonds is 7. The highest BCUT2D eigenvalue weighted by Crippen LogP contribution is 2.08. The van der Waals surface area contributed by atoms with Gasteiger partial charge in [0.25, 0.3) is 0 Å². The highest BCUT2D eigenvalue weighted by molar-refractivity contribution is 7.89. The number of ether oxygens (including phenoxy) is 1. The molecule has 0 spiro atoms. The van der Waals surface area contributed by atoms with Crippen LogP contribution in [0, 0.1) is 0 Å². The van der Waals surface area contributed by atoms with Gasteiger partial charge in [-0.3, -0.25) is 4.90 Å². The Kier molecular flexibility index (Phi) is 6.72. The lowest BCUT2D eigenvalue weighted by Gasteiger charge is -2.33. The van der Waals surface area contributed by atoms with Crippen LogP contribution in [0.3, 0.4) is 0 Å². The van der Waals surface area contributed by atoms with Crippen molar-refractivity contribution in [1.29, 1.82) is 0 Å². The molecule has 1 fully saturated rings. The molecule has 7 heteroatoms. The Morgan fingerprint density at radius 2 is 1.88 bits per heavy atom. The number of hydrogen-bond donors (Lipinski definition) is 0. The van der Waals surface area contributed by atoms with Crippen LogP contribution in [0.4, 0.5) is 0 Å². The van der Waals surface area contributed by atoms with Gasteiger partial charge in [-0.1, -0.05) is 0 Å². The minimum absolute atomic E-state index is 0.0797. The third-order valence-electron chi connectivity index (χ3n) is 2.82. The van der Waals surface area contributed by atoms with E-state index in [9.17, 15) is 8.42 Å². The van der Waals surface area contributed by atoms with Crippen molar-refractivity contribution in [3.63, 3.8) is 0 Å². The van der Waals surface area contributed by atoms with Gasteiger partial charge in [0.1, 0.15) is 0 Å². The molecule has 0 aromatic carbocycles. The zero-order valence-electron chi connectivity index (χ0n) is 10.3. The molecule has 0 unspecified atom stereocenters. The van der Waals surface area contributed by atoms with Crippen LogP contribution >= 0.6 is 11.6 Å². The van der Waals surface area contributed by atoms with Crippen LogP contribution in [-0.4, -0.2) is 75.2 Å². The quantitative estimate of drug-likeness (QED) is 0.495. The fourth-order valence-electron chi connectivity index (χ4n) is 1.79. The SMILES string of the molecule is CCOCCS(=O)(=O)N1CCN(CCCl)CC1. The second kappa shape index (κ2) is 7.53. The Hall–Kier alpha value is 0.120. The van der Waals surface area contributed by atoms with Crippen molar-refractivity contribution in [1.82, 2.24) is 9.21 Å². The summed E-state index contributed by atoms with van der Waals surface area (Å²) >= 11 is 5.66. The summed E-state index contributed by atoms with van der Waals surface area (Å²) in [4.78, 5) is 2.18. The Morgan fingerprint density at radius 3 is 2.41 bits per heavy atom. The van der Waals surface area contributed by atoms with E-state index in [1.807, 2.05) is 6.92 Å². The van der Waals surface area contributed by atoms with Gasteiger partial charge in [-0.15, -0.1) is 11.6 Å². The molecular weight excluding hydrogens is 264 g/mol. The third kappa shape index (κ3) is 5.09. The minimum atomic E-state index is -3.15. The van der Waals surface area contributed by atoms with Crippen molar-refractivity contribution in [3.05, 3.63) is 0 Å². The maximum atomic E-state index is 11.9. The smallest absolute Gasteiger partial charge is 0.216 e. The zero-order chi connectivity index (χ0) is 12.7. The summed E-state index contributed by atoms with van der Waals surface area (Å²) in [6.45, 7) is 6.17. The molecular formula is C10H21ClN2O3S. The summed E-state index contributed by atoms with van der Waals surface area (Å²) in [5.41, 5.74) is 0. The summed E-state index contributed by atoms with van der Waals surface area (Å²) in [7, 11) is -3.15.